The normalized spacial score (nSPS) is 12.5. The molecule has 4 rings (SSSR count). The van der Waals surface area contributed by atoms with Crippen molar-refractivity contribution < 1.29 is 22.6 Å². The zero-order chi connectivity index (χ0) is 19.6. The maximum atomic E-state index is 12.6. The first kappa shape index (κ1) is 17.9. The summed E-state index contributed by atoms with van der Waals surface area (Å²) < 4.78 is 43.3. The molecule has 1 aliphatic heterocycles. The fourth-order valence-electron chi connectivity index (χ4n) is 2.67. The fraction of sp³-hybridized carbons (Fsp3) is 0.105. The van der Waals surface area contributed by atoms with E-state index in [1.54, 1.807) is 25.3 Å². The van der Waals surface area contributed by atoms with Crippen LogP contribution in [0.5, 0.6) is 17.2 Å². The summed E-state index contributed by atoms with van der Waals surface area (Å²) in [6, 6.07) is 15.2. The fourth-order valence-corrected chi connectivity index (χ4v) is 3.70. The number of anilines is 3. The second kappa shape index (κ2) is 7.28. The van der Waals surface area contributed by atoms with E-state index >= 15 is 0 Å². The van der Waals surface area contributed by atoms with Crippen molar-refractivity contribution in [2.24, 2.45) is 0 Å². The molecule has 0 fully saturated rings. The Morgan fingerprint density at radius 3 is 2.64 bits per heavy atom. The van der Waals surface area contributed by atoms with Crippen molar-refractivity contribution in [1.82, 2.24) is 4.98 Å². The molecule has 0 radical (unpaired) electrons. The smallest absolute Gasteiger partial charge is 0.263 e. The van der Waals surface area contributed by atoms with Gasteiger partial charge in [0.05, 0.1) is 29.6 Å². The summed E-state index contributed by atoms with van der Waals surface area (Å²) in [5.41, 5.74) is 1.47. The second-order valence-electron chi connectivity index (χ2n) is 5.88. The van der Waals surface area contributed by atoms with Crippen LogP contribution in [0.3, 0.4) is 0 Å². The van der Waals surface area contributed by atoms with Gasteiger partial charge in [-0.1, -0.05) is 12.1 Å². The van der Waals surface area contributed by atoms with Crippen LogP contribution in [0.2, 0.25) is 0 Å². The quantitative estimate of drug-likeness (QED) is 0.656. The van der Waals surface area contributed by atoms with E-state index in [0.29, 0.717) is 22.9 Å². The topological polar surface area (TPSA) is 98.8 Å². The highest BCUT2D eigenvalue weighted by Crippen LogP contribution is 2.34. The van der Waals surface area contributed by atoms with Crippen LogP contribution in [0, 0.1) is 0 Å². The number of hydrogen-bond acceptors (Lipinski definition) is 7. The Bertz CT molecular complexity index is 1100. The molecule has 0 atom stereocenters. The van der Waals surface area contributed by atoms with Crippen LogP contribution in [-0.2, 0) is 10.0 Å². The Balaban J connectivity index is 1.49. The molecule has 9 heteroatoms. The molecular formula is C19H17N3O5S. The van der Waals surface area contributed by atoms with Gasteiger partial charge in [-0.25, -0.2) is 13.4 Å². The highest BCUT2D eigenvalue weighted by Gasteiger charge is 2.20. The number of nitrogens with one attached hydrogen (secondary N) is 2. The predicted molar refractivity (Wildman–Crippen MR) is 104 cm³/mol. The number of para-hydroxylation sites is 2. The van der Waals surface area contributed by atoms with Gasteiger partial charge in [-0.15, -0.1) is 0 Å². The minimum absolute atomic E-state index is 0.0646. The second-order valence-corrected chi connectivity index (χ2v) is 7.56. The van der Waals surface area contributed by atoms with Crippen molar-refractivity contribution in [3.05, 3.63) is 60.8 Å². The van der Waals surface area contributed by atoms with Crippen molar-refractivity contribution in [2.75, 3.05) is 23.9 Å². The molecule has 1 aliphatic rings. The van der Waals surface area contributed by atoms with Gasteiger partial charge in [-0.2, -0.15) is 0 Å². The van der Waals surface area contributed by atoms with Gasteiger partial charge in [0.1, 0.15) is 11.6 Å². The van der Waals surface area contributed by atoms with Crippen LogP contribution in [-0.4, -0.2) is 27.3 Å². The van der Waals surface area contributed by atoms with E-state index in [1.165, 1.54) is 18.3 Å². The molecule has 144 valence electrons. The van der Waals surface area contributed by atoms with Crippen molar-refractivity contribution in [1.29, 1.82) is 0 Å². The minimum atomic E-state index is -3.81. The zero-order valence-electron chi connectivity index (χ0n) is 14.9. The lowest BCUT2D eigenvalue weighted by Crippen LogP contribution is -2.13. The third kappa shape index (κ3) is 3.65. The Morgan fingerprint density at radius 2 is 1.86 bits per heavy atom. The summed E-state index contributed by atoms with van der Waals surface area (Å²) in [4.78, 5) is 4.23. The minimum Gasteiger partial charge on any atom is -0.495 e. The summed E-state index contributed by atoms with van der Waals surface area (Å²) >= 11 is 0. The maximum absolute atomic E-state index is 12.6. The number of pyridine rings is 1. The molecule has 8 nitrogen and oxygen atoms in total. The summed E-state index contributed by atoms with van der Waals surface area (Å²) in [5, 5.41) is 3.18. The van der Waals surface area contributed by atoms with Crippen molar-refractivity contribution in [2.45, 2.75) is 4.90 Å². The van der Waals surface area contributed by atoms with E-state index in [0.717, 1.165) is 5.69 Å². The van der Waals surface area contributed by atoms with Crippen molar-refractivity contribution in [3.63, 3.8) is 0 Å². The number of fused-ring (bicyclic) bond motifs is 1. The van der Waals surface area contributed by atoms with Gasteiger partial charge in [0.2, 0.25) is 6.79 Å². The number of nitrogens with zero attached hydrogens (tertiary/aromatic N) is 1. The number of ether oxygens (including phenoxy) is 3. The van der Waals surface area contributed by atoms with Crippen molar-refractivity contribution in [3.8, 4) is 17.2 Å². The number of hydrogen-bond donors (Lipinski definition) is 2. The van der Waals surface area contributed by atoms with Crippen LogP contribution in [0.25, 0.3) is 0 Å². The third-order valence-electron chi connectivity index (χ3n) is 4.04. The first-order chi connectivity index (χ1) is 13.5. The average molecular weight is 399 g/mol. The molecule has 0 saturated carbocycles. The Kier molecular flexibility index (Phi) is 4.66. The molecule has 28 heavy (non-hydrogen) atoms. The average Bonchev–Trinajstić information content (AvgIpc) is 3.17. The van der Waals surface area contributed by atoms with Gasteiger partial charge in [-0.05, 0) is 36.4 Å². The molecule has 3 aromatic rings. The molecule has 0 aliphatic carbocycles. The van der Waals surface area contributed by atoms with Crippen molar-refractivity contribution >= 4 is 27.2 Å². The first-order valence-corrected chi connectivity index (χ1v) is 9.82. The van der Waals surface area contributed by atoms with E-state index < -0.39 is 10.0 Å². The highest BCUT2D eigenvalue weighted by atomic mass is 32.2. The number of rotatable bonds is 6. The summed E-state index contributed by atoms with van der Waals surface area (Å²) in [5.74, 6) is 1.80. The van der Waals surface area contributed by atoms with E-state index in [9.17, 15) is 8.42 Å². The Hall–Kier alpha value is -3.46. The number of methoxy groups -OCH3 is 1. The van der Waals surface area contributed by atoms with Gasteiger partial charge < -0.3 is 19.5 Å². The number of sulfonamides is 1. The molecule has 0 unspecified atom stereocenters. The Morgan fingerprint density at radius 1 is 1.04 bits per heavy atom. The first-order valence-electron chi connectivity index (χ1n) is 8.34. The molecule has 1 aromatic heterocycles. The Labute approximate surface area is 162 Å². The lowest BCUT2D eigenvalue weighted by molar-refractivity contribution is 0.174. The molecule has 2 heterocycles. The zero-order valence-corrected chi connectivity index (χ0v) is 15.7. The van der Waals surface area contributed by atoms with Crippen LogP contribution < -0.4 is 24.2 Å². The molecule has 0 saturated heterocycles. The highest BCUT2D eigenvalue weighted by molar-refractivity contribution is 7.92. The van der Waals surface area contributed by atoms with Crippen LogP contribution in [0.4, 0.5) is 17.2 Å². The SMILES string of the molecule is COc1ccccc1Nc1ccc(NS(=O)(=O)c2ccc3c(c2)OCO3)nc1. The molecule has 0 amide bonds. The molecule has 0 bridgehead atoms. The van der Waals surface area contributed by atoms with Gasteiger partial charge in [0.25, 0.3) is 10.0 Å². The summed E-state index contributed by atoms with van der Waals surface area (Å²) in [6.07, 6.45) is 1.53. The van der Waals surface area contributed by atoms with Crippen LogP contribution in [0.1, 0.15) is 0 Å². The molecule has 2 N–H and O–H groups in total. The predicted octanol–water partition coefficient (Wildman–Crippen LogP) is 3.36. The van der Waals surface area contributed by atoms with Crippen LogP contribution >= 0.6 is 0 Å². The lowest BCUT2D eigenvalue weighted by Gasteiger charge is -2.12. The standard InChI is InChI=1S/C19H17N3O5S/c1-25-16-5-3-2-4-15(16)21-13-6-9-19(20-11-13)22-28(23,24)14-7-8-17-18(10-14)27-12-26-17/h2-11,21H,12H2,1H3,(H,20,22). The summed E-state index contributed by atoms with van der Waals surface area (Å²) in [7, 11) is -2.22. The molecule has 0 spiro atoms. The molecular weight excluding hydrogens is 382 g/mol. The number of benzene rings is 2. The van der Waals surface area contributed by atoms with Gasteiger partial charge in [0, 0.05) is 6.07 Å². The largest absolute Gasteiger partial charge is 0.495 e. The van der Waals surface area contributed by atoms with E-state index in [4.69, 9.17) is 14.2 Å². The third-order valence-corrected chi connectivity index (χ3v) is 5.40. The number of aromatic nitrogens is 1. The van der Waals surface area contributed by atoms with E-state index in [-0.39, 0.29) is 17.5 Å². The van der Waals surface area contributed by atoms with E-state index in [1.807, 2.05) is 24.3 Å². The summed E-state index contributed by atoms with van der Waals surface area (Å²) in [6.45, 7) is 0.0779. The maximum Gasteiger partial charge on any atom is 0.263 e. The lowest BCUT2D eigenvalue weighted by atomic mass is 10.3. The van der Waals surface area contributed by atoms with Gasteiger partial charge in [0.15, 0.2) is 11.5 Å². The van der Waals surface area contributed by atoms with Gasteiger partial charge in [-0.3, -0.25) is 4.72 Å². The van der Waals surface area contributed by atoms with Gasteiger partial charge >= 0.3 is 0 Å². The van der Waals surface area contributed by atoms with E-state index in [2.05, 4.69) is 15.0 Å². The monoisotopic (exact) mass is 399 g/mol. The molecule has 2 aromatic carbocycles. The van der Waals surface area contributed by atoms with Crippen LogP contribution in [0.15, 0.2) is 65.7 Å².